The van der Waals surface area contributed by atoms with Crippen LogP contribution in [-0.2, 0) is 4.74 Å². The molecular formula is C19H17N3O5. The summed E-state index contributed by atoms with van der Waals surface area (Å²) in [4.78, 5) is 8.68. The van der Waals surface area contributed by atoms with Gasteiger partial charge < -0.3 is 29.0 Å². The summed E-state index contributed by atoms with van der Waals surface area (Å²) in [5, 5.41) is 31.3. The minimum absolute atomic E-state index is 0.382. The first-order valence-corrected chi connectivity index (χ1v) is 8.60. The number of hydrogen-bond donors (Lipinski definition) is 3. The second-order valence-corrected chi connectivity index (χ2v) is 6.56. The molecule has 8 heteroatoms. The third kappa shape index (κ3) is 2.46. The molecule has 0 aliphatic carbocycles. The smallest absolute Gasteiger partial charge is 0.164 e. The summed E-state index contributed by atoms with van der Waals surface area (Å²) in [6.07, 6.45) is -0.919. The van der Waals surface area contributed by atoms with Gasteiger partial charge in [-0.2, -0.15) is 0 Å². The summed E-state index contributed by atoms with van der Waals surface area (Å²) in [6.45, 7) is -0.382. The van der Waals surface area contributed by atoms with Crippen molar-refractivity contribution in [1.82, 2.24) is 14.5 Å². The van der Waals surface area contributed by atoms with Crippen molar-refractivity contribution in [2.24, 2.45) is 0 Å². The van der Waals surface area contributed by atoms with Crippen LogP contribution >= 0.6 is 0 Å². The maximum Gasteiger partial charge on any atom is 0.164 e. The Kier molecular flexibility index (Phi) is 3.73. The summed E-state index contributed by atoms with van der Waals surface area (Å²) in [5.74, 6) is 0.613. The van der Waals surface area contributed by atoms with Crippen LogP contribution in [0.4, 0.5) is 0 Å². The Balaban J connectivity index is 1.61. The Morgan fingerprint density at radius 2 is 1.93 bits per heavy atom. The molecule has 4 heterocycles. The number of fused-ring (bicyclic) bond motifs is 2. The van der Waals surface area contributed by atoms with E-state index in [1.165, 1.54) is 6.33 Å². The SMILES string of the molecule is OC[C@H]1O[C@@H](n2ccc3c(-c4cc5ccccc5o4)ncnc32)[C@H](O)[C@@H]1O. The van der Waals surface area contributed by atoms with E-state index in [-0.39, 0.29) is 6.61 Å². The molecule has 5 rings (SSSR count). The van der Waals surface area contributed by atoms with Gasteiger partial charge >= 0.3 is 0 Å². The molecule has 1 aliphatic rings. The highest BCUT2D eigenvalue weighted by molar-refractivity contribution is 5.92. The van der Waals surface area contributed by atoms with E-state index in [0.29, 0.717) is 17.1 Å². The number of nitrogens with zero attached hydrogens (tertiary/aromatic N) is 3. The fourth-order valence-corrected chi connectivity index (χ4v) is 3.58. The van der Waals surface area contributed by atoms with Crippen LogP contribution in [0.1, 0.15) is 6.23 Å². The lowest BCUT2D eigenvalue weighted by atomic mass is 10.1. The van der Waals surface area contributed by atoms with Gasteiger partial charge in [-0.25, -0.2) is 9.97 Å². The first-order valence-electron chi connectivity index (χ1n) is 8.60. The highest BCUT2D eigenvalue weighted by Crippen LogP contribution is 2.35. The molecule has 1 aliphatic heterocycles. The molecule has 3 aromatic heterocycles. The van der Waals surface area contributed by atoms with Crippen molar-refractivity contribution < 1.29 is 24.5 Å². The van der Waals surface area contributed by atoms with Crippen LogP contribution in [0.5, 0.6) is 0 Å². The number of aliphatic hydroxyl groups excluding tert-OH is 3. The number of benzene rings is 1. The average Bonchev–Trinajstić information content (AvgIpc) is 3.38. The van der Waals surface area contributed by atoms with Crippen molar-refractivity contribution in [3.8, 4) is 11.5 Å². The number of rotatable bonds is 3. The predicted molar refractivity (Wildman–Crippen MR) is 95.7 cm³/mol. The summed E-state index contributed by atoms with van der Waals surface area (Å²) < 4.78 is 13.2. The molecule has 0 amide bonds. The van der Waals surface area contributed by atoms with Crippen LogP contribution in [0.3, 0.4) is 0 Å². The highest BCUT2D eigenvalue weighted by Gasteiger charge is 2.43. The van der Waals surface area contributed by atoms with E-state index in [9.17, 15) is 15.3 Å². The fourth-order valence-electron chi connectivity index (χ4n) is 3.58. The van der Waals surface area contributed by atoms with Crippen LogP contribution in [0, 0.1) is 0 Å². The summed E-state index contributed by atoms with van der Waals surface area (Å²) in [6, 6.07) is 11.4. The Labute approximate surface area is 153 Å². The van der Waals surface area contributed by atoms with Gasteiger partial charge in [0.15, 0.2) is 12.0 Å². The van der Waals surface area contributed by atoms with Crippen LogP contribution < -0.4 is 0 Å². The average molecular weight is 367 g/mol. The molecule has 0 radical (unpaired) electrons. The maximum absolute atomic E-state index is 10.3. The Morgan fingerprint density at radius 3 is 2.70 bits per heavy atom. The molecule has 4 atom stereocenters. The summed E-state index contributed by atoms with van der Waals surface area (Å²) in [5.41, 5.74) is 1.93. The zero-order valence-electron chi connectivity index (χ0n) is 14.1. The molecule has 0 unspecified atom stereocenters. The lowest BCUT2D eigenvalue weighted by Crippen LogP contribution is -2.33. The van der Waals surface area contributed by atoms with E-state index in [1.807, 2.05) is 36.4 Å². The highest BCUT2D eigenvalue weighted by atomic mass is 16.6. The number of aliphatic hydroxyl groups is 3. The normalized spacial score (nSPS) is 25.6. The Bertz CT molecular complexity index is 1090. The van der Waals surface area contributed by atoms with E-state index in [4.69, 9.17) is 9.15 Å². The molecule has 3 N–H and O–H groups in total. The van der Waals surface area contributed by atoms with Gasteiger partial charge in [0, 0.05) is 17.0 Å². The number of hydrogen-bond acceptors (Lipinski definition) is 7. The molecular weight excluding hydrogens is 350 g/mol. The lowest BCUT2D eigenvalue weighted by molar-refractivity contribution is -0.0508. The topological polar surface area (TPSA) is 114 Å². The molecule has 8 nitrogen and oxygen atoms in total. The Morgan fingerprint density at radius 1 is 1.07 bits per heavy atom. The van der Waals surface area contributed by atoms with E-state index in [0.717, 1.165) is 16.4 Å². The van der Waals surface area contributed by atoms with Crippen molar-refractivity contribution >= 4 is 22.0 Å². The zero-order chi connectivity index (χ0) is 18.5. The molecule has 1 aromatic carbocycles. The van der Waals surface area contributed by atoms with Crippen LogP contribution in [-0.4, -0.2) is 54.8 Å². The largest absolute Gasteiger partial charge is 0.454 e. The quantitative estimate of drug-likeness (QED) is 0.502. The third-order valence-corrected chi connectivity index (χ3v) is 4.96. The van der Waals surface area contributed by atoms with Crippen LogP contribution in [0.2, 0.25) is 0 Å². The van der Waals surface area contributed by atoms with Crippen molar-refractivity contribution in [1.29, 1.82) is 0 Å². The van der Waals surface area contributed by atoms with E-state index >= 15 is 0 Å². The summed E-state index contributed by atoms with van der Waals surface area (Å²) in [7, 11) is 0. The molecule has 0 spiro atoms. The molecule has 0 bridgehead atoms. The minimum Gasteiger partial charge on any atom is -0.454 e. The van der Waals surface area contributed by atoms with Gasteiger partial charge in [-0.3, -0.25) is 0 Å². The molecule has 27 heavy (non-hydrogen) atoms. The number of aromatic nitrogens is 3. The number of ether oxygens (including phenoxy) is 1. The van der Waals surface area contributed by atoms with Gasteiger partial charge in [0.2, 0.25) is 0 Å². The second-order valence-electron chi connectivity index (χ2n) is 6.56. The number of para-hydroxylation sites is 1. The first kappa shape index (κ1) is 16.4. The van der Waals surface area contributed by atoms with Crippen molar-refractivity contribution in [2.45, 2.75) is 24.5 Å². The van der Waals surface area contributed by atoms with Gasteiger partial charge in [0.05, 0.1) is 6.61 Å². The lowest BCUT2D eigenvalue weighted by Gasteiger charge is -2.17. The van der Waals surface area contributed by atoms with Gasteiger partial charge in [0.1, 0.15) is 41.6 Å². The predicted octanol–water partition coefficient (Wildman–Crippen LogP) is 1.46. The molecule has 138 valence electrons. The number of furan rings is 1. The zero-order valence-corrected chi connectivity index (χ0v) is 14.1. The van der Waals surface area contributed by atoms with Crippen molar-refractivity contribution in [2.75, 3.05) is 6.61 Å². The maximum atomic E-state index is 10.3. The van der Waals surface area contributed by atoms with E-state index < -0.39 is 24.5 Å². The molecule has 0 saturated carbocycles. The van der Waals surface area contributed by atoms with Crippen molar-refractivity contribution in [3.05, 3.63) is 48.9 Å². The Hall–Kier alpha value is -2.78. The van der Waals surface area contributed by atoms with Crippen LogP contribution in [0.25, 0.3) is 33.5 Å². The van der Waals surface area contributed by atoms with E-state index in [1.54, 1.807) is 10.8 Å². The monoisotopic (exact) mass is 367 g/mol. The molecule has 1 fully saturated rings. The molecule has 1 saturated heterocycles. The van der Waals surface area contributed by atoms with Gasteiger partial charge in [-0.15, -0.1) is 0 Å². The summed E-state index contributed by atoms with van der Waals surface area (Å²) >= 11 is 0. The second kappa shape index (κ2) is 6.14. The third-order valence-electron chi connectivity index (χ3n) is 4.96. The standard InChI is InChI=1S/C19H17N3O5/c23-8-14-16(24)17(25)19(27-14)22-6-5-11-15(20-9-21-18(11)22)13-7-10-3-1-2-4-12(10)26-13/h1-7,9,14,16-17,19,23-25H,8H2/t14-,16-,17-,19-/m1/s1. The van der Waals surface area contributed by atoms with Crippen LogP contribution in [0.15, 0.2) is 53.3 Å². The van der Waals surface area contributed by atoms with Gasteiger partial charge in [-0.05, 0) is 18.2 Å². The van der Waals surface area contributed by atoms with Gasteiger partial charge in [-0.1, -0.05) is 18.2 Å². The van der Waals surface area contributed by atoms with Crippen molar-refractivity contribution in [3.63, 3.8) is 0 Å². The minimum atomic E-state index is -1.18. The fraction of sp³-hybridized carbons (Fsp3) is 0.263. The first-order chi connectivity index (χ1) is 13.2. The molecule has 4 aromatic rings. The van der Waals surface area contributed by atoms with Gasteiger partial charge in [0.25, 0.3) is 0 Å². The van der Waals surface area contributed by atoms with E-state index in [2.05, 4.69) is 9.97 Å².